The van der Waals surface area contributed by atoms with Crippen LogP contribution in [0.5, 0.6) is 5.75 Å². The molecule has 1 aromatic heterocycles. The third-order valence-electron chi connectivity index (χ3n) is 5.43. The molecule has 0 aliphatic heterocycles. The Morgan fingerprint density at radius 2 is 1.84 bits per heavy atom. The predicted octanol–water partition coefficient (Wildman–Crippen LogP) is 1.80. The molecule has 0 saturated heterocycles. The lowest BCUT2D eigenvalue weighted by molar-refractivity contribution is 0.0914. The van der Waals surface area contributed by atoms with Crippen LogP contribution in [0.3, 0.4) is 0 Å². The van der Waals surface area contributed by atoms with Crippen molar-refractivity contribution < 1.29 is 19.3 Å². The molecule has 31 heavy (non-hydrogen) atoms. The summed E-state index contributed by atoms with van der Waals surface area (Å²) in [6.45, 7) is 2.65. The lowest BCUT2D eigenvalue weighted by atomic mass is 10.1. The van der Waals surface area contributed by atoms with Crippen LogP contribution in [0, 0.1) is 6.92 Å². The number of aryl methyl sites for hydroxylation is 1. The maximum atomic E-state index is 12.3. The molecule has 0 bridgehead atoms. The SMILES string of the molecule is Cc1nonc1COc1ccc(C(=O)NCC(O)CNC2Cc3ccccc3C2)cc1. The summed E-state index contributed by atoms with van der Waals surface area (Å²) in [7, 11) is 0. The Hall–Kier alpha value is -3.23. The van der Waals surface area contributed by atoms with Gasteiger partial charge in [-0.05, 0) is 55.2 Å². The van der Waals surface area contributed by atoms with Gasteiger partial charge in [-0.25, -0.2) is 4.63 Å². The molecule has 162 valence electrons. The van der Waals surface area contributed by atoms with Gasteiger partial charge in [0.1, 0.15) is 23.7 Å². The van der Waals surface area contributed by atoms with Gasteiger partial charge in [-0.1, -0.05) is 34.6 Å². The number of nitrogens with zero attached hydrogens (tertiary/aromatic N) is 2. The number of carbonyl (C=O) groups excluding carboxylic acids is 1. The van der Waals surface area contributed by atoms with E-state index in [1.807, 2.05) is 0 Å². The number of aromatic nitrogens is 2. The maximum absolute atomic E-state index is 12.3. The van der Waals surface area contributed by atoms with Gasteiger partial charge in [0, 0.05) is 24.7 Å². The number of amides is 1. The summed E-state index contributed by atoms with van der Waals surface area (Å²) in [6.07, 6.45) is 1.28. The average molecular weight is 422 g/mol. The van der Waals surface area contributed by atoms with Gasteiger partial charge >= 0.3 is 0 Å². The second-order valence-electron chi connectivity index (χ2n) is 7.76. The Morgan fingerprint density at radius 1 is 1.13 bits per heavy atom. The smallest absolute Gasteiger partial charge is 0.251 e. The molecule has 4 rings (SSSR count). The van der Waals surface area contributed by atoms with Crippen LogP contribution in [0.25, 0.3) is 0 Å². The van der Waals surface area contributed by atoms with E-state index in [4.69, 9.17) is 4.74 Å². The van der Waals surface area contributed by atoms with Crippen molar-refractivity contribution in [2.75, 3.05) is 13.1 Å². The third kappa shape index (κ3) is 5.48. The fourth-order valence-corrected chi connectivity index (χ4v) is 3.63. The molecule has 3 N–H and O–H groups in total. The molecule has 1 aliphatic carbocycles. The highest BCUT2D eigenvalue weighted by Crippen LogP contribution is 2.21. The van der Waals surface area contributed by atoms with Crippen molar-refractivity contribution >= 4 is 5.91 Å². The van der Waals surface area contributed by atoms with E-state index in [1.165, 1.54) is 11.1 Å². The van der Waals surface area contributed by atoms with Crippen LogP contribution in [0.15, 0.2) is 53.2 Å². The third-order valence-corrected chi connectivity index (χ3v) is 5.43. The van der Waals surface area contributed by atoms with Gasteiger partial charge in [-0.2, -0.15) is 0 Å². The highest BCUT2D eigenvalue weighted by Gasteiger charge is 2.21. The van der Waals surface area contributed by atoms with Gasteiger partial charge in [-0.3, -0.25) is 4.79 Å². The van der Waals surface area contributed by atoms with E-state index < -0.39 is 6.10 Å². The van der Waals surface area contributed by atoms with Crippen LogP contribution in [0.1, 0.15) is 32.9 Å². The van der Waals surface area contributed by atoms with E-state index in [-0.39, 0.29) is 19.1 Å². The van der Waals surface area contributed by atoms with Crippen LogP contribution >= 0.6 is 0 Å². The van der Waals surface area contributed by atoms with E-state index >= 15 is 0 Å². The zero-order valence-corrected chi connectivity index (χ0v) is 17.4. The second kappa shape index (κ2) is 9.72. The number of hydrogen-bond acceptors (Lipinski definition) is 7. The minimum absolute atomic E-state index is 0.183. The Morgan fingerprint density at radius 3 is 2.48 bits per heavy atom. The Balaban J connectivity index is 1.17. The van der Waals surface area contributed by atoms with Crippen LogP contribution in [-0.4, -0.2) is 46.6 Å². The molecule has 0 spiro atoms. The monoisotopic (exact) mass is 422 g/mol. The molecule has 1 unspecified atom stereocenters. The average Bonchev–Trinajstić information content (AvgIpc) is 3.40. The fraction of sp³-hybridized carbons (Fsp3) is 0.348. The van der Waals surface area contributed by atoms with Crippen molar-refractivity contribution in [3.63, 3.8) is 0 Å². The molecule has 0 fully saturated rings. The summed E-state index contributed by atoms with van der Waals surface area (Å²) in [5, 5.41) is 23.9. The van der Waals surface area contributed by atoms with Gasteiger partial charge in [0.15, 0.2) is 0 Å². The van der Waals surface area contributed by atoms with Gasteiger partial charge in [0.2, 0.25) is 0 Å². The summed E-state index contributed by atoms with van der Waals surface area (Å²) >= 11 is 0. The summed E-state index contributed by atoms with van der Waals surface area (Å²) < 4.78 is 10.3. The number of carbonyl (C=O) groups is 1. The lowest BCUT2D eigenvalue weighted by Gasteiger charge is -2.17. The van der Waals surface area contributed by atoms with Crippen molar-refractivity contribution in [2.45, 2.75) is 38.5 Å². The zero-order valence-electron chi connectivity index (χ0n) is 17.4. The van der Waals surface area contributed by atoms with Gasteiger partial charge < -0.3 is 20.5 Å². The molecule has 8 heteroatoms. The van der Waals surface area contributed by atoms with Crippen LogP contribution < -0.4 is 15.4 Å². The Bertz CT molecular complexity index is 993. The first-order chi connectivity index (χ1) is 15.1. The summed E-state index contributed by atoms with van der Waals surface area (Å²) in [5.41, 5.74) is 4.54. The van der Waals surface area contributed by atoms with E-state index in [1.54, 1.807) is 31.2 Å². The van der Waals surface area contributed by atoms with Crippen molar-refractivity contribution in [1.29, 1.82) is 0 Å². The minimum atomic E-state index is -0.658. The molecule has 3 aromatic rings. The normalized spacial score (nSPS) is 14.3. The van der Waals surface area contributed by atoms with Crippen molar-refractivity contribution in [1.82, 2.24) is 20.9 Å². The van der Waals surface area contributed by atoms with Crippen LogP contribution in [-0.2, 0) is 19.4 Å². The quantitative estimate of drug-likeness (QED) is 0.482. The largest absolute Gasteiger partial charge is 0.487 e. The van der Waals surface area contributed by atoms with Gasteiger partial charge in [0.25, 0.3) is 5.91 Å². The minimum Gasteiger partial charge on any atom is -0.487 e. The molecule has 2 aromatic carbocycles. The molecule has 0 saturated carbocycles. The molecular weight excluding hydrogens is 396 g/mol. The first kappa shape index (κ1) is 21.0. The van der Waals surface area contributed by atoms with Crippen LogP contribution in [0.2, 0.25) is 0 Å². The van der Waals surface area contributed by atoms with E-state index in [2.05, 4.69) is 49.8 Å². The molecule has 8 nitrogen and oxygen atoms in total. The number of hydrogen-bond donors (Lipinski definition) is 3. The maximum Gasteiger partial charge on any atom is 0.251 e. The number of aliphatic hydroxyl groups excluding tert-OH is 1. The highest BCUT2D eigenvalue weighted by atomic mass is 16.6. The number of rotatable bonds is 9. The Kier molecular flexibility index (Phi) is 6.59. The summed E-state index contributed by atoms with van der Waals surface area (Å²) in [6, 6.07) is 15.5. The summed E-state index contributed by atoms with van der Waals surface area (Å²) in [5.74, 6) is 0.371. The number of ether oxygens (including phenoxy) is 1. The number of nitrogens with one attached hydrogen (secondary N) is 2. The topological polar surface area (TPSA) is 110 Å². The molecule has 1 amide bonds. The Labute approximate surface area is 180 Å². The van der Waals surface area contributed by atoms with Crippen molar-refractivity contribution in [3.8, 4) is 5.75 Å². The van der Waals surface area contributed by atoms with Crippen molar-refractivity contribution in [3.05, 3.63) is 76.6 Å². The summed E-state index contributed by atoms with van der Waals surface area (Å²) in [4.78, 5) is 12.3. The fourth-order valence-electron chi connectivity index (χ4n) is 3.63. The number of fused-ring (bicyclic) bond motifs is 1. The molecule has 1 aliphatic rings. The molecule has 1 heterocycles. The molecule has 0 radical (unpaired) electrons. The second-order valence-corrected chi connectivity index (χ2v) is 7.76. The highest BCUT2D eigenvalue weighted by molar-refractivity contribution is 5.94. The lowest BCUT2D eigenvalue weighted by Crippen LogP contribution is -2.41. The first-order valence-electron chi connectivity index (χ1n) is 10.4. The first-order valence-corrected chi connectivity index (χ1v) is 10.4. The van der Waals surface area contributed by atoms with Crippen LogP contribution in [0.4, 0.5) is 0 Å². The number of aliphatic hydroxyl groups is 1. The van der Waals surface area contributed by atoms with Crippen molar-refractivity contribution in [2.24, 2.45) is 0 Å². The van der Waals surface area contributed by atoms with E-state index in [0.29, 0.717) is 35.3 Å². The zero-order chi connectivity index (χ0) is 21.6. The molecular formula is C23H26N4O4. The molecule has 1 atom stereocenters. The van der Waals surface area contributed by atoms with E-state index in [9.17, 15) is 9.90 Å². The number of benzene rings is 2. The van der Waals surface area contributed by atoms with Gasteiger partial charge in [-0.15, -0.1) is 0 Å². The standard InChI is InChI=1S/C23H26N4O4/c1-15-22(27-31-26-15)14-30-21-8-6-16(7-9-21)23(29)25-13-20(28)12-24-19-10-17-4-2-3-5-18(17)11-19/h2-9,19-20,24,28H,10-14H2,1H3,(H,25,29). The van der Waals surface area contributed by atoms with Gasteiger partial charge in [0.05, 0.1) is 6.10 Å². The predicted molar refractivity (Wildman–Crippen MR) is 114 cm³/mol. The van der Waals surface area contributed by atoms with E-state index in [0.717, 1.165) is 12.8 Å².